The molecule has 1 fully saturated rings. The zero-order valence-electron chi connectivity index (χ0n) is 16.1. The van der Waals surface area contributed by atoms with Crippen molar-refractivity contribution in [2.24, 2.45) is 0 Å². The van der Waals surface area contributed by atoms with E-state index in [-0.39, 0.29) is 24.6 Å². The van der Waals surface area contributed by atoms with E-state index in [9.17, 15) is 9.59 Å². The molecule has 0 aliphatic carbocycles. The van der Waals surface area contributed by atoms with Crippen molar-refractivity contribution in [2.75, 3.05) is 31.1 Å². The molecule has 6 nitrogen and oxygen atoms in total. The molecule has 4 rings (SSSR count). The van der Waals surface area contributed by atoms with Crippen molar-refractivity contribution in [3.05, 3.63) is 65.2 Å². The summed E-state index contributed by atoms with van der Waals surface area (Å²) in [6.07, 6.45) is 0.762. The van der Waals surface area contributed by atoms with Crippen molar-refractivity contribution < 1.29 is 14.3 Å². The number of aryl methyl sites for hydroxylation is 1. The van der Waals surface area contributed by atoms with E-state index in [4.69, 9.17) is 4.74 Å². The maximum Gasteiger partial charge on any atom is 0.325 e. The lowest BCUT2D eigenvalue weighted by atomic mass is 9.99. The van der Waals surface area contributed by atoms with Gasteiger partial charge in [0.15, 0.2) is 0 Å². The third-order valence-corrected chi connectivity index (χ3v) is 5.34. The van der Waals surface area contributed by atoms with Gasteiger partial charge in [-0.3, -0.25) is 9.69 Å². The van der Waals surface area contributed by atoms with Gasteiger partial charge in [-0.2, -0.15) is 0 Å². The van der Waals surface area contributed by atoms with Gasteiger partial charge in [-0.1, -0.05) is 42.0 Å². The lowest BCUT2D eigenvalue weighted by molar-refractivity contribution is -0.122. The fourth-order valence-electron chi connectivity index (χ4n) is 3.69. The van der Waals surface area contributed by atoms with Crippen molar-refractivity contribution >= 4 is 17.6 Å². The van der Waals surface area contributed by atoms with E-state index in [1.165, 1.54) is 11.1 Å². The number of rotatable bonds is 5. The van der Waals surface area contributed by atoms with Crippen LogP contribution in [0.2, 0.25) is 0 Å². The maximum absolute atomic E-state index is 12.6. The highest BCUT2D eigenvalue weighted by molar-refractivity contribution is 5.96. The Bertz CT molecular complexity index is 866. The molecule has 0 aromatic heterocycles. The van der Waals surface area contributed by atoms with Crippen LogP contribution in [0.5, 0.6) is 0 Å². The molecule has 0 bridgehead atoms. The highest BCUT2D eigenvalue weighted by atomic mass is 16.5. The third kappa shape index (κ3) is 4.02. The number of nitrogens with one attached hydrogen (secondary N) is 1. The molecule has 28 heavy (non-hydrogen) atoms. The third-order valence-electron chi connectivity index (χ3n) is 5.34. The molecule has 2 aliphatic heterocycles. The summed E-state index contributed by atoms with van der Waals surface area (Å²) in [7, 11) is 0. The molecule has 1 atom stereocenters. The van der Waals surface area contributed by atoms with Crippen LogP contribution in [0, 0.1) is 6.92 Å². The largest absolute Gasteiger partial charge is 0.371 e. The first-order valence-electron chi connectivity index (χ1n) is 9.68. The summed E-state index contributed by atoms with van der Waals surface area (Å²) in [6, 6.07) is 15.9. The molecule has 1 saturated heterocycles. The van der Waals surface area contributed by atoms with E-state index >= 15 is 0 Å². The molecule has 0 saturated carbocycles. The smallest absolute Gasteiger partial charge is 0.325 e. The summed E-state index contributed by atoms with van der Waals surface area (Å²) in [5.74, 6) is -0.151. The maximum atomic E-state index is 12.6. The first kappa shape index (κ1) is 18.5. The Morgan fingerprint density at radius 2 is 1.86 bits per heavy atom. The SMILES string of the molecule is Cc1ccc(N2CCN(CC(=O)NCC3Cc4ccccc4CO3)C2=O)cc1. The fourth-order valence-corrected chi connectivity index (χ4v) is 3.69. The molecule has 6 heteroatoms. The monoisotopic (exact) mass is 379 g/mol. The standard InChI is InChI=1S/C22H25N3O3/c1-16-6-8-19(9-7-16)25-11-10-24(22(25)27)14-21(26)23-13-20-12-17-4-2-3-5-18(17)15-28-20/h2-9,20H,10-15H2,1H3,(H,23,26). The molecular formula is C22H25N3O3. The summed E-state index contributed by atoms with van der Waals surface area (Å²) < 4.78 is 5.83. The zero-order chi connectivity index (χ0) is 19.5. The molecule has 2 heterocycles. The predicted octanol–water partition coefficient (Wildman–Crippen LogP) is 2.49. The number of carbonyl (C=O) groups excluding carboxylic acids is 2. The number of nitrogens with zero attached hydrogens (tertiary/aromatic N) is 2. The van der Waals surface area contributed by atoms with E-state index in [1.807, 2.05) is 43.3 Å². The van der Waals surface area contributed by atoms with Gasteiger partial charge in [-0.15, -0.1) is 0 Å². The van der Waals surface area contributed by atoms with Crippen molar-refractivity contribution in [3.8, 4) is 0 Å². The Balaban J connectivity index is 1.26. The molecular weight excluding hydrogens is 354 g/mol. The van der Waals surface area contributed by atoms with Gasteiger partial charge in [-0.25, -0.2) is 4.79 Å². The van der Waals surface area contributed by atoms with Gasteiger partial charge in [0.1, 0.15) is 6.54 Å². The highest BCUT2D eigenvalue weighted by Gasteiger charge is 2.31. The van der Waals surface area contributed by atoms with Crippen LogP contribution >= 0.6 is 0 Å². The molecule has 1 N–H and O–H groups in total. The summed E-state index contributed by atoms with van der Waals surface area (Å²) in [5, 5.41) is 2.92. The second kappa shape index (κ2) is 8.02. The number of fused-ring (bicyclic) bond motifs is 1. The predicted molar refractivity (Wildman–Crippen MR) is 107 cm³/mol. The number of amides is 3. The number of anilines is 1. The van der Waals surface area contributed by atoms with Crippen LogP contribution in [0.4, 0.5) is 10.5 Å². The first-order valence-corrected chi connectivity index (χ1v) is 9.68. The van der Waals surface area contributed by atoms with E-state index < -0.39 is 0 Å². The van der Waals surface area contributed by atoms with Crippen molar-refractivity contribution in [1.82, 2.24) is 10.2 Å². The number of carbonyl (C=O) groups is 2. The van der Waals surface area contributed by atoms with E-state index in [0.29, 0.717) is 26.2 Å². The summed E-state index contributed by atoms with van der Waals surface area (Å²) in [5.41, 5.74) is 4.51. The molecule has 0 radical (unpaired) electrons. The quantitative estimate of drug-likeness (QED) is 0.868. The van der Waals surface area contributed by atoms with Gasteiger partial charge < -0.3 is 15.0 Å². The first-order chi connectivity index (χ1) is 13.6. The minimum Gasteiger partial charge on any atom is -0.371 e. The molecule has 2 aromatic carbocycles. The summed E-state index contributed by atoms with van der Waals surface area (Å²) in [6.45, 7) is 4.26. The fraction of sp³-hybridized carbons (Fsp3) is 0.364. The second-order valence-corrected chi connectivity index (χ2v) is 7.40. The second-order valence-electron chi connectivity index (χ2n) is 7.40. The molecule has 2 aromatic rings. The van der Waals surface area contributed by atoms with Crippen molar-refractivity contribution in [3.63, 3.8) is 0 Å². The molecule has 1 unspecified atom stereocenters. The molecule has 2 aliphatic rings. The van der Waals surface area contributed by atoms with Gasteiger partial charge in [0.2, 0.25) is 5.91 Å². The molecule has 146 valence electrons. The Hall–Kier alpha value is -2.86. The zero-order valence-corrected chi connectivity index (χ0v) is 16.1. The van der Waals surface area contributed by atoms with Crippen LogP contribution in [0.1, 0.15) is 16.7 Å². The van der Waals surface area contributed by atoms with Gasteiger partial charge >= 0.3 is 6.03 Å². The Kier molecular flexibility index (Phi) is 5.30. The lowest BCUT2D eigenvalue weighted by Gasteiger charge is -2.26. The minimum absolute atomic E-state index is 0.0304. The van der Waals surface area contributed by atoms with Crippen LogP contribution in [-0.4, -0.2) is 49.1 Å². The van der Waals surface area contributed by atoms with Gasteiger partial charge in [-0.05, 0) is 30.2 Å². The van der Waals surface area contributed by atoms with Crippen molar-refractivity contribution in [2.45, 2.75) is 26.1 Å². The van der Waals surface area contributed by atoms with Crippen LogP contribution < -0.4 is 10.2 Å². The van der Waals surface area contributed by atoms with Crippen LogP contribution in [0.25, 0.3) is 0 Å². The van der Waals surface area contributed by atoms with Gasteiger partial charge in [0, 0.05) is 31.7 Å². The number of benzene rings is 2. The minimum atomic E-state index is -0.151. The van der Waals surface area contributed by atoms with Crippen molar-refractivity contribution in [1.29, 1.82) is 0 Å². The van der Waals surface area contributed by atoms with Crippen LogP contribution in [-0.2, 0) is 22.6 Å². The Morgan fingerprint density at radius 3 is 2.64 bits per heavy atom. The topological polar surface area (TPSA) is 61.9 Å². The average Bonchev–Trinajstić information content (AvgIpc) is 3.07. The van der Waals surface area contributed by atoms with Crippen LogP contribution in [0.15, 0.2) is 48.5 Å². The molecule has 3 amide bonds. The summed E-state index contributed by atoms with van der Waals surface area (Å²) in [4.78, 5) is 28.3. The van der Waals surface area contributed by atoms with Gasteiger partial charge in [0.25, 0.3) is 0 Å². The molecule has 0 spiro atoms. The number of hydrogen-bond donors (Lipinski definition) is 1. The van der Waals surface area contributed by atoms with E-state index in [1.54, 1.807) is 9.80 Å². The van der Waals surface area contributed by atoms with E-state index in [2.05, 4.69) is 17.4 Å². The van der Waals surface area contributed by atoms with Crippen LogP contribution in [0.3, 0.4) is 0 Å². The van der Waals surface area contributed by atoms with Gasteiger partial charge in [0.05, 0.1) is 12.7 Å². The number of ether oxygens (including phenoxy) is 1. The normalized spacial score (nSPS) is 18.9. The Labute approximate surface area is 165 Å². The average molecular weight is 379 g/mol. The Morgan fingerprint density at radius 1 is 1.11 bits per heavy atom. The number of hydrogen-bond acceptors (Lipinski definition) is 3. The lowest BCUT2D eigenvalue weighted by Crippen LogP contribution is -2.43. The highest BCUT2D eigenvalue weighted by Crippen LogP contribution is 2.21. The summed E-state index contributed by atoms with van der Waals surface area (Å²) >= 11 is 0. The van der Waals surface area contributed by atoms with E-state index in [0.717, 1.165) is 17.7 Å². The number of urea groups is 1.